The van der Waals surface area contributed by atoms with E-state index in [1.54, 1.807) is 36.4 Å². The van der Waals surface area contributed by atoms with Gasteiger partial charge in [0.15, 0.2) is 0 Å². The fourth-order valence-electron chi connectivity index (χ4n) is 6.94. The molecule has 2 unspecified atom stereocenters. The van der Waals surface area contributed by atoms with Crippen LogP contribution in [-0.2, 0) is 29.0 Å². The second-order valence-electron chi connectivity index (χ2n) is 15.8. The maximum absolute atomic E-state index is 13.2. The topological polar surface area (TPSA) is 125 Å². The van der Waals surface area contributed by atoms with Gasteiger partial charge in [-0.25, -0.2) is 14.4 Å². The first-order chi connectivity index (χ1) is 29.4. The maximum Gasteiger partial charge on any atom is 0.513 e. The van der Waals surface area contributed by atoms with E-state index in [4.69, 9.17) is 38.5 Å². The zero-order valence-electron chi connectivity index (χ0n) is 37.6. The summed E-state index contributed by atoms with van der Waals surface area (Å²) in [7, 11) is 3.00. The van der Waals surface area contributed by atoms with Gasteiger partial charge < -0.3 is 18.9 Å². The van der Waals surface area contributed by atoms with Crippen molar-refractivity contribution in [2.45, 2.75) is 206 Å². The third-order valence-corrected chi connectivity index (χ3v) is 10.6. The van der Waals surface area contributed by atoms with Crippen molar-refractivity contribution in [3.63, 3.8) is 0 Å². The number of carbonyl (C=O) groups excluding carboxylic acids is 3. The zero-order chi connectivity index (χ0) is 43.3. The van der Waals surface area contributed by atoms with Gasteiger partial charge in [0.2, 0.25) is 12.6 Å². The SMILES string of the molecule is CCCCCCCCCCCCCCCC(OOC(=O)c1cccc(OC)c1)OC(=O)OC(CCCCCCCCCCCCCCC)OOC(=O)c1cccc(OC)c1. The zero-order valence-corrected chi connectivity index (χ0v) is 37.6. The summed E-state index contributed by atoms with van der Waals surface area (Å²) in [6.45, 7) is 4.49. The Bertz CT molecular complexity index is 1280. The Balaban J connectivity index is 1.92. The highest BCUT2D eigenvalue weighted by Crippen LogP contribution is 2.20. The predicted molar refractivity (Wildman–Crippen MR) is 235 cm³/mol. The van der Waals surface area contributed by atoms with Gasteiger partial charge in [-0.3, -0.25) is 9.78 Å². The van der Waals surface area contributed by atoms with E-state index in [1.807, 2.05) is 0 Å². The van der Waals surface area contributed by atoms with Crippen LogP contribution in [0.1, 0.15) is 214 Å². The molecule has 0 aliphatic rings. The molecule has 2 aromatic carbocycles. The molecule has 0 saturated carbocycles. The van der Waals surface area contributed by atoms with Crippen LogP contribution in [0.3, 0.4) is 0 Å². The summed E-state index contributed by atoms with van der Waals surface area (Å²) in [4.78, 5) is 59.9. The Morgan fingerprint density at radius 3 is 1.03 bits per heavy atom. The highest BCUT2D eigenvalue weighted by molar-refractivity contribution is 5.89. The molecule has 0 amide bonds. The van der Waals surface area contributed by atoms with E-state index in [1.165, 1.54) is 142 Å². The minimum absolute atomic E-state index is 0.209. The molecule has 0 fully saturated rings. The largest absolute Gasteiger partial charge is 0.513 e. The fraction of sp³-hybridized carbons (Fsp3) is 0.694. The first-order valence-corrected chi connectivity index (χ1v) is 23.3. The molecule has 0 N–H and O–H groups in total. The standard InChI is InChI=1S/C49H78O11/c1-5-7-9-11-13-15-17-19-21-23-25-27-29-37-45(57-59-47(50)41-33-31-35-43(39-41)53-3)55-49(52)56-46(58-60-48(51)42-34-32-36-44(40-42)54-4)38-30-28-26-24-22-20-18-16-14-12-10-8-6-2/h31-36,39-40,45-46H,5-30,37-38H2,1-4H3. The van der Waals surface area contributed by atoms with Gasteiger partial charge in [-0.2, -0.15) is 0 Å². The van der Waals surface area contributed by atoms with Crippen molar-refractivity contribution in [2.75, 3.05) is 14.2 Å². The summed E-state index contributed by atoms with van der Waals surface area (Å²) >= 11 is 0. The molecule has 0 radical (unpaired) electrons. The summed E-state index contributed by atoms with van der Waals surface area (Å²) in [5, 5.41) is 0. The molecule has 340 valence electrons. The van der Waals surface area contributed by atoms with Crippen molar-refractivity contribution in [3.8, 4) is 11.5 Å². The molecule has 0 aliphatic heterocycles. The molecule has 0 heterocycles. The minimum atomic E-state index is -1.24. The van der Waals surface area contributed by atoms with Crippen molar-refractivity contribution in [3.05, 3.63) is 59.7 Å². The number of hydrogen-bond donors (Lipinski definition) is 0. The monoisotopic (exact) mass is 843 g/mol. The van der Waals surface area contributed by atoms with Crippen LogP contribution in [-0.4, -0.2) is 44.9 Å². The third kappa shape index (κ3) is 26.4. The number of methoxy groups -OCH3 is 2. The Morgan fingerprint density at radius 1 is 0.433 bits per heavy atom. The van der Waals surface area contributed by atoms with Crippen LogP contribution in [0.4, 0.5) is 4.79 Å². The Labute approximate surface area is 361 Å². The van der Waals surface area contributed by atoms with Crippen LogP contribution in [0.15, 0.2) is 48.5 Å². The number of ether oxygens (including phenoxy) is 4. The third-order valence-electron chi connectivity index (χ3n) is 10.6. The lowest BCUT2D eigenvalue weighted by Crippen LogP contribution is -2.28. The summed E-state index contributed by atoms with van der Waals surface area (Å²) in [5.41, 5.74) is 0.418. The summed E-state index contributed by atoms with van der Waals surface area (Å²) < 4.78 is 21.5. The predicted octanol–water partition coefficient (Wildman–Crippen LogP) is 14.3. The molecule has 0 bridgehead atoms. The van der Waals surface area contributed by atoms with Gasteiger partial charge in [0.25, 0.3) is 0 Å². The maximum atomic E-state index is 13.2. The molecular weight excluding hydrogens is 765 g/mol. The van der Waals surface area contributed by atoms with Crippen LogP contribution in [0.5, 0.6) is 11.5 Å². The molecule has 2 rings (SSSR count). The van der Waals surface area contributed by atoms with Crippen molar-refractivity contribution in [1.29, 1.82) is 0 Å². The molecule has 0 saturated heterocycles. The number of carbonyl (C=O) groups is 3. The van der Waals surface area contributed by atoms with Crippen LogP contribution >= 0.6 is 0 Å². The van der Waals surface area contributed by atoms with Gasteiger partial charge in [-0.05, 0) is 49.2 Å². The van der Waals surface area contributed by atoms with Crippen molar-refractivity contribution in [1.82, 2.24) is 0 Å². The summed E-state index contributed by atoms with van der Waals surface area (Å²) in [5.74, 6) is -0.576. The van der Waals surface area contributed by atoms with Crippen LogP contribution in [0, 0.1) is 0 Å². The average Bonchev–Trinajstić information content (AvgIpc) is 3.27. The normalized spacial score (nSPS) is 12.1. The van der Waals surface area contributed by atoms with Gasteiger partial charge in [0, 0.05) is 12.8 Å². The van der Waals surface area contributed by atoms with Gasteiger partial charge in [-0.1, -0.05) is 180 Å². The van der Waals surface area contributed by atoms with Crippen molar-refractivity contribution < 1.29 is 52.9 Å². The van der Waals surface area contributed by atoms with E-state index < -0.39 is 30.7 Å². The number of rotatable bonds is 38. The minimum Gasteiger partial charge on any atom is -0.497 e. The molecule has 2 aromatic rings. The molecular formula is C49H78O11. The van der Waals surface area contributed by atoms with Gasteiger partial charge in [0.05, 0.1) is 25.3 Å². The van der Waals surface area contributed by atoms with Crippen molar-refractivity contribution in [2.24, 2.45) is 0 Å². The smallest absolute Gasteiger partial charge is 0.497 e. The number of benzene rings is 2. The highest BCUT2D eigenvalue weighted by Gasteiger charge is 2.25. The summed E-state index contributed by atoms with van der Waals surface area (Å²) in [6.07, 6.45) is 27.7. The lowest BCUT2D eigenvalue weighted by Gasteiger charge is -2.20. The molecule has 0 aromatic heterocycles. The molecule has 11 nitrogen and oxygen atoms in total. The number of unbranched alkanes of at least 4 members (excludes halogenated alkanes) is 24. The Morgan fingerprint density at radius 2 is 0.733 bits per heavy atom. The lowest BCUT2D eigenvalue weighted by atomic mass is 10.0. The van der Waals surface area contributed by atoms with E-state index in [-0.39, 0.29) is 24.0 Å². The van der Waals surface area contributed by atoms with Gasteiger partial charge in [0.1, 0.15) is 11.5 Å². The van der Waals surface area contributed by atoms with E-state index in [0.717, 1.165) is 38.5 Å². The molecule has 2 atom stereocenters. The first-order valence-electron chi connectivity index (χ1n) is 23.3. The van der Waals surface area contributed by atoms with E-state index in [9.17, 15) is 14.4 Å². The Kier molecular flexibility index (Phi) is 31.3. The molecule has 0 spiro atoms. The molecule has 11 heteroatoms. The van der Waals surface area contributed by atoms with E-state index in [0.29, 0.717) is 24.3 Å². The Hall–Kier alpha value is -3.83. The van der Waals surface area contributed by atoms with E-state index >= 15 is 0 Å². The highest BCUT2D eigenvalue weighted by atomic mass is 17.2. The van der Waals surface area contributed by atoms with Gasteiger partial charge in [-0.15, -0.1) is 9.78 Å². The van der Waals surface area contributed by atoms with Crippen molar-refractivity contribution >= 4 is 18.1 Å². The fourth-order valence-corrected chi connectivity index (χ4v) is 6.94. The van der Waals surface area contributed by atoms with E-state index in [2.05, 4.69) is 13.8 Å². The first kappa shape index (κ1) is 52.3. The van der Waals surface area contributed by atoms with Gasteiger partial charge >= 0.3 is 18.1 Å². The molecule has 0 aliphatic carbocycles. The second-order valence-corrected chi connectivity index (χ2v) is 15.8. The molecule has 60 heavy (non-hydrogen) atoms. The lowest BCUT2D eigenvalue weighted by molar-refractivity contribution is -0.348. The van der Waals surface area contributed by atoms with Crippen LogP contribution in [0.2, 0.25) is 0 Å². The average molecular weight is 843 g/mol. The van der Waals surface area contributed by atoms with Crippen LogP contribution < -0.4 is 9.47 Å². The second kappa shape index (κ2) is 35.9. The van der Waals surface area contributed by atoms with Crippen LogP contribution in [0.25, 0.3) is 0 Å². The summed E-state index contributed by atoms with van der Waals surface area (Å²) in [6, 6.07) is 12.9. The number of hydrogen-bond acceptors (Lipinski definition) is 11. The quantitative estimate of drug-likeness (QED) is 0.0211.